The highest BCUT2D eigenvalue weighted by Crippen LogP contribution is 2.31. The number of rotatable bonds is 5. The number of carbonyl (C=O) groups is 2. The molecule has 1 atom stereocenters. The quantitative estimate of drug-likeness (QED) is 0.849. The Morgan fingerprint density at radius 2 is 1.82 bits per heavy atom. The maximum atomic E-state index is 12.9. The third-order valence-corrected chi connectivity index (χ3v) is 2.98. The summed E-state index contributed by atoms with van der Waals surface area (Å²) in [6, 6.07) is 3.44. The maximum absolute atomic E-state index is 12.9. The minimum Gasteiger partial charge on any atom is -0.467 e. The number of halogens is 3. The highest BCUT2D eigenvalue weighted by molar-refractivity contribution is 5.98. The van der Waals surface area contributed by atoms with Crippen molar-refractivity contribution < 1.29 is 27.5 Å². The lowest BCUT2D eigenvalue weighted by molar-refractivity contribution is -0.143. The van der Waals surface area contributed by atoms with E-state index in [1.54, 1.807) is 0 Å². The van der Waals surface area contributed by atoms with Crippen molar-refractivity contribution in [1.82, 2.24) is 5.32 Å². The van der Waals surface area contributed by atoms with Crippen LogP contribution in [0.3, 0.4) is 0 Å². The first-order chi connectivity index (χ1) is 10.2. The lowest BCUT2D eigenvalue weighted by atomic mass is 10.0. The van der Waals surface area contributed by atoms with E-state index in [2.05, 4.69) is 10.1 Å². The summed E-state index contributed by atoms with van der Waals surface area (Å²) in [5.41, 5.74) is -1.56. The lowest BCUT2D eigenvalue weighted by Gasteiger charge is -2.19. The van der Waals surface area contributed by atoms with Crippen LogP contribution in [0.2, 0.25) is 0 Å². The molecule has 1 aromatic carbocycles. The summed E-state index contributed by atoms with van der Waals surface area (Å²) < 4.78 is 43.3. The molecule has 1 rings (SSSR count). The highest BCUT2D eigenvalue weighted by Gasteiger charge is 2.35. The Bertz CT molecular complexity index is 541. The zero-order chi connectivity index (χ0) is 16.9. The van der Waals surface area contributed by atoms with E-state index in [9.17, 15) is 22.8 Å². The summed E-state index contributed by atoms with van der Waals surface area (Å²) >= 11 is 0. The van der Waals surface area contributed by atoms with Gasteiger partial charge in [0.05, 0.1) is 18.2 Å². The first kappa shape index (κ1) is 18.0. The Kier molecular flexibility index (Phi) is 5.96. The van der Waals surface area contributed by atoms with Gasteiger partial charge in [0.25, 0.3) is 5.91 Å². The Hall–Kier alpha value is -2.05. The number of alkyl halides is 3. The van der Waals surface area contributed by atoms with Gasteiger partial charge in [0.15, 0.2) is 0 Å². The number of amides is 1. The summed E-state index contributed by atoms with van der Waals surface area (Å²) in [5.74, 6) is -1.59. The summed E-state index contributed by atoms with van der Waals surface area (Å²) in [6.45, 7) is 3.65. The molecule has 4 nitrogen and oxygen atoms in total. The van der Waals surface area contributed by atoms with Crippen LogP contribution < -0.4 is 5.32 Å². The molecule has 0 saturated carbocycles. The smallest absolute Gasteiger partial charge is 0.417 e. The van der Waals surface area contributed by atoms with Gasteiger partial charge in [-0.25, -0.2) is 4.79 Å². The summed E-state index contributed by atoms with van der Waals surface area (Å²) in [6.07, 6.45) is -4.38. The first-order valence-electron chi connectivity index (χ1n) is 6.71. The largest absolute Gasteiger partial charge is 0.467 e. The average molecular weight is 317 g/mol. The maximum Gasteiger partial charge on any atom is 0.417 e. The van der Waals surface area contributed by atoms with E-state index in [4.69, 9.17) is 0 Å². The van der Waals surface area contributed by atoms with Gasteiger partial charge in [-0.1, -0.05) is 26.0 Å². The van der Waals surface area contributed by atoms with E-state index in [0.29, 0.717) is 0 Å². The van der Waals surface area contributed by atoms with Crippen molar-refractivity contribution in [1.29, 1.82) is 0 Å². The van der Waals surface area contributed by atoms with Gasteiger partial charge in [-0.05, 0) is 24.5 Å². The van der Waals surface area contributed by atoms with Crippen LogP contribution in [0.4, 0.5) is 13.2 Å². The minimum atomic E-state index is -4.65. The van der Waals surface area contributed by atoms with Gasteiger partial charge in [0, 0.05) is 0 Å². The Morgan fingerprint density at radius 3 is 2.32 bits per heavy atom. The molecular weight excluding hydrogens is 299 g/mol. The number of hydrogen-bond donors (Lipinski definition) is 1. The molecule has 0 aromatic heterocycles. The van der Waals surface area contributed by atoms with Crippen LogP contribution in [0.5, 0.6) is 0 Å². The summed E-state index contributed by atoms with van der Waals surface area (Å²) in [4.78, 5) is 23.7. The van der Waals surface area contributed by atoms with E-state index in [1.165, 1.54) is 12.1 Å². The van der Waals surface area contributed by atoms with Crippen molar-refractivity contribution in [2.75, 3.05) is 7.11 Å². The third kappa shape index (κ3) is 4.75. The first-order valence-corrected chi connectivity index (χ1v) is 6.71. The van der Waals surface area contributed by atoms with Gasteiger partial charge in [0.1, 0.15) is 6.04 Å². The fraction of sp³-hybridized carbons (Fsp3) is 0.467. The van der Waals surface area contributed by atoms with Crippen molar-refractivity contribution in [3.63, 3.8) is 0 Å². The molecule has 0 bridgehead atoms. The zero-order valence-electron chi connectivity index (χ0n) is 12.5. The number of ether oxygens (including phenoxy) is 1. The molecule has 0 aliphatic rings. The van der Waals surface area contributed by atoms with Gasteiger partial charge in [-0.2, -0.15) is 13.2 Å². The molecule has 1 N–H and O–H groups in total. The number of methoxy groups -OCH3 is 1. The molecule has 7 heteroatoms. The van der Waals surface area contributed by atoms with Crippen LogP contribution in [0, 0.1) is 5.92 Å². The molecular formula is C15H18F3NO3. The number of esters is 1. The van der Waals surface area contributed by atoms with E-state index >= 15 is 0 Å². The van der Waals surface area contributed by atoms with Crippen LogP contribution in [-0.2, 0) is 15.7 Å². The minimum absolute atomic E-state index is 0.0576. The molecule has 0 aliphatic heterocycles. The number of hydrogen-bond acceptors (Lipinski definition) is 3. The van der Waals surface area contributed by atoms with E-state index in [1.807, 2.05) is 13.8 Å². The topological polar surface area (TPSA) is 55.4 Å². The SMILES string of the molecule is COC(=O)[C@H](CC(C)C)NC(=O)c1ccccc1C(F)(F)F. The van der Waals surface area contributed by atoms with Crippen LogP contribution in [-0.4, -0.2) is 25.0 Å². The average Bonchev–Trinajstić information content (AvgIpc) is 2.44. The highest BCUT2D eigenvalue weighted by atomic mass is 19.4. The molecule has 122 valence electrons. The second-order valence-corrected chi connectivity index (χ2v) is 5.22. The molecule has 0 heterocycles. The van der Waals surface area contributed by atoms with Crippen molar-refractivity contribution >= 4 is 11.9 Å². The summed E-state index contributed by atoms with van der Waals surface area (Å²) in [7, 11) is 1.16. The van der Waals surface area contributed by atoms with Crippen LogP contribution >= 0.6 is 0 Å². The predicted molar refractivity (Wildman–Crippen MR) is 74.2 cm³/mol. The van der Waals surface area contributed by atoms with Crippen molar-refractivity contribution in [2.45, 2.75) is 32.5 Å². The normalized spacial score (nSPS) is 12.9. The van der Waals surface area contributed by atoms with Crippen LogP contribution in [0.1, 0.15) is 36.2 Å². The van der Waals surface area contributed by atoms with Crippen molar-refractivity contribution in [3.05, 3.63) is 35.4 Å². The van der Waals surface area contributed by atoms with Gasteiger partial charge in [-0.15, -0.1) is 0 Å². The standard InChI is InChI=1S/C15H18F3NO3/c1-9(2)8-12(14(21)22-3)19-13(20)10-6-4-5-7-11(10)15(16,17)18/h4-7,9,12H,8H2,1-3H3,(H,19,20)/t12-/m0/s1. The van der Waals surface area contributed by atoms with Gasteiger partial charge >= 0.3 is 12.1 Å². The molecule has 22 heavy (non-hydrogen) atoms. The van der Waals surface area contributed by atoms with Gasteiger partial charge in [-0.3, -0.25) is 4.79 Å². The zero-order valence-corrected chi connectivity index (χ0v) is 12.5. The molecule has 0 saturated heterocycles. The molecule has 0 fully saturated rings. The van der Waals surface area contributed by atoms with Gasteiger partial charge in [0.2, 0.25) is 0 Å². The Balaban J connectivity index is 3.03. The van der Waals surface area contributed by atoms with Crippen molar-refractivity contribution in [2.24, 2.45) is 5.92 Å². The van der Waals surface area contributed by atoms with Crippen LogP contribution in [0.25, 0.3) is 0 Å². The molecule has 1 aromatic rings. The predicted octanol–water partition coefficient (Wildman–Crippen LogP) is 3.02. The third-order valence-electron chi connectivity index (χ3n) is 2.98. The molecule has 0 radical (unpaired) electrons. The van der Waals surface area contributed by atoms with E-state index in [0.717, 1.165) is 19.2 Å². The van der Waals surface area contributed by atoms with E-state index in [-0.39, 0.29) is 12.3 Å². The molecule has 1 amide bonds. The number of benzene rings is 1. The number of nitrogens with one attached hydrogen (secondary N) is 1. The summed E-state index contributed by atoms with van der Waals surface area (Å²) in [5, 5.41) is 2.31. The van der Waals surface area contributed by atoms with E-state index < -0.39 is 35.2 Å². The van der Waals surface area contributed by atoms with Crippen LogP contribution in [0.15, 0.2) is 24.3 Å². The second kappa shape index (κ2) is 7.29. The Labute approximate surface area is 126 Å². The molecule has 0 spiro atoms. The fourth-order valence-electron chi connectivity index (χ4n) is 1.99. The number of carbonyl (C=O) groups excluding carboxylic acids is 2. The second-order valence-electron chi connectivity index (χ2n) is 5.22. The lowest BCUT2D eigenvalue weighted by Crippen LogP contribution is -2.42. The fourth-order valence-corrected chi connectivity index (χ4v) is 1.99. The van der Waals surface area contributed by atoms with Gasteiger partial charge < -0.3 is 10.1 Å². The monoisotopic (exact) mass is 317 g/mol. The molecule has 0 aliphatic carbocycles. The molecule has 0 unspecified atom stereocenters. The Morgan fingerprint density at radius 1 is 1.23 bits per heavy atom. The van der Waals surface area contributed by atoms with Crippen molar-refractivity contribution in [3.8, 4) is 0 Å².